The standard InChI is InChI=1S/C10H9N/c1-2-8-3-4-9-5-6-11-10(9)7-8/h1,3-4,7,11H,5-6H2. The van der Waals surface area contributed by atoms with Gasteiger partial charge in [-0.05, 0) is 24.1 Å². The topological polar surface area (TPSA) is 12.0 Å². The zero-order valence-corrected chi connectivity index (χ0v) is 6.22. The Morgan fingerprint density at radius 2 is 2.36 bits per heavy atom. The molecule has 1 aromatic rings. The van der Waals surface area contributed by atoms with Gasteiger partial charge in [-0.15, -0.1) is 6.42 Å². The maximum Gasteiger partial charge on any atom is 0.0386 e. The molecule has 0 unspecified atom stereocenters. The third kappa shape index (κ3) is 0.969. The SMILES string of the molecule is C#Cc1ccc2c(c1)NCC2. The minimum absolute atomic E-state index is 0.957. The highest BCUT2D eigenvalue weighted by Gasteiger charge is 2.08. The van der Waals surface area contributed by atoms with Crippen molar-refractivity contribution in [3.63, 3.8) is 0 Å². The van der Waals surface area contributed by atoms with Gasteiger partial charge in [0.2, 0.25) is 0 Å². The van der Waals surface area contributed by atoms with Crippen LogP contribution in [0.25, 0.3) is 0 Å². The molecule has 1 heteroatoms. The first-order valence-electron chi connectivity index (χ1n) is 3.73. The average molecular weight is 143 g/mol. The molecule has 0 aromatic heterocycles. The molecule has 0 saturated carbocycles. The molecule has 0 bridgehead atoms. The lowest BCUT2D eigenvalue weighted by Crippen LogP contribution is -1.90. The third-order valence-corrected chi connectivity index (χ3v) is 1.99. The van der Waals surface area contributed by atoms with Crippen LogP contribution in [0, 0.1) is 12.3 Å². The molecule has 0 spiro atoms. The minimum Gasteiger partial charge on any atom is -0.384 e. The van der Waals surface area contributed by atoms with Crippen LogP contribution in [0.3, 0.4) is 0 Å². The second-order valence-electron chi connectivity index (χ2n) is 2.69. The van der Waals surface area contributed by atoms with Crippen molar-refractivity contribution in [2.45, 2.75) is 6.42 Å². The van der Waals surface area contributed by atoms with Crippen molar-refractivity contribution in [1.82, 2.24) is 0 Å². The number of hydrogen-bond donors (Lipinski definition) is 1. The molecule has 0 fully saturated rings. The molecule has 2 rings (SSSR count). The summed E-state index contributed by atoms with van der Waals surface area (Å²) in [7, 11) is 0. The van der Waals surface area contributed by atoms with E-state index in [1.807, 2.05) is 12.1 Å². The Kier molecular flexibility index (Phi) is 1.33. The van der Waals surface area contributed by atoms with Gasteiger partial charge in [0.05, 0.1) is 0 Å². The van der Waals surface area contributed by atoms with E-state index in [1.54, 1.807) is 0 Å². The normalized spacial score (nSPS) is 13.4. The van der Waals surface area contributed by atoms with Gasteiger partial charge in [0.1, 0.15) is 0 Å². The molecule has 0 atom stereocenters. The lowest BCUT2D eigenvalue weighted by molar-refractivity contribution is 1.11. The maximum absolute atomic E-state index is 5.27. The number of rotatable bonds is 0. The number of benzene rings is 1. The molecule has 1 N–H and O–H groups in total. The van der Waals surface area contributed by atoms with E-state index < -0.39 is 0 Å². The summed E-state index contributed by atoms with van der Waals surface area (Å²) in [5, 5.41) is 3.28. The van der Waals surface area contributed by atoms with Crippen LogP contribution in [0.1, 0.15) is 11.1 Å². The molecule has 11 heavy (non-hydrogen) atoms. The largest absolute Gasteiger partial charge is 0.384 e. The van der Waals surface area contributed by atoms with Crippen molar-refractivity contribution in [2.75, 3.05) is 11.9 Å². The fourth-order valence-electron chi connectivity index (χ4n) is 1.38. The molecule has 1 nitrogen and oxygen atoms in total. The highest BCUT2D eigenvalue weighted by Crippen LogP contribution is 2.22. The molecule has 1 aliphatic rings. The van der Waals surface area contributed by atoms with E-state index in [4.69, 9.17) is 6.42 Å². The van der Waals surface area contributed by atoms with Gasteiger partial charge in [0, 0.05) is 17.8 Å². The monoisotopic (exact) mass is 143 g/mol. The molecular formula is C10H9N. The molecule has 0 radical (unpaired) electrons. The predicted octanol–water partition coefficient (Wildman–Crippen LogP) is 1.64. The highest BCUT2D eigenvalue weighted by atomic mass is 14.9. The van der Waals surface area contributed by atoms with Crippen molar-refractivity contribution in [1.29, 1.82) is 0 Å². The van der Waals surface area contributed by atoms with Crippen LogP contribution in [0.5, 0.6) is 0 Å². The molecule has 0 amide bonds. The molecule has 0 saturated heterocycles. The summed E-state index contributed by atoms with van der Waals surface area (Å²) in [5.74, 6) is 2.62. The van der Waals surface area contributed by atoms with Crippen molar-refractivity contribution in [2.24, 2.45) is 0 Å². The number of fused-ring (bicyclic) bond motifs is 1. The molecule has 0 aliphatic carbocycles. The summed E-state index contributed by atoms with van der Waals surface area (Å²) >= 11 is 0. The Hall–Kier alpha value is -1.42. The smallest absolute Gasteiger partial charge is 0.0386 e. The van der Waals surface area contributed by atoms with Crippen LogP contribution in [-0.4, -0.2) is 6.54 Å². The first-order valence-corrected chi connectivity index (χ1v) is 3.73. The van der Waals surface area contributed by atoms with Crippen LogP contribution < -0.4 is 5.32 Å². The summed E-state index contributed by atoms with van der Waals surface area (Å²) in [6, 6.07) is 6.12. The molecule has 1 aromatic carbocycles. The Morgan fingerprint density at radius 3 is 3.18 bits per heavy atom. The quantitative estimate of drug-likeness (QED) is 0.544. The van der Waals surface area contributed by atoms with Crippen molar-refractivity contribution in [3.8, 4) is 12.3 Å². The van der Waals surface area contributed by atoms with Gasteiger partial charge >= 0.3 is 0 Å². The van der Waals surface area contributed by atoms with E-state index in [0.29, 0.717) is 0 Å². The predicted molar refractivity (Wildman–Crippen MR) is 46.6 cm³/mol. The van der Waals surface area contributed by atoms with Crippen molar-refractivity contribution < 1.29 is 0 Å². The summed E-state index contributed by atoms with van der Waals surface area (Å²) < 4.78 is 0. The minimum atomic E-state index is 0.957. The van der Waals surface area contributed by atoms with Crippen LogP contribution >= 0.6 is 0 Å². The maximum atomic E-state index is 5.27. The second-order valence-corrected chi connectivity index (χ2v) is 2.69. The third-order valence-electron chi connectivity index (χ3n) is 1.99. The van der Waals surface area contributed by atoms with Crippen LogP contribution in [-0.2, 0) is 6.42 Å². The van der Waals surface area contributed by atoms with Gasteiger partial charge < -0.3 is 5.32 Å². The van der Waals surface area contributed by atoms with E-state index in [0.717, 1.165) is 18.5 Å². The molecule has 54 valence electrons. The first-order chi connectivity index (χ1) is 5.40. The van der Waals surface area contributed by atoms with Gasteiger partial charge in [0.15, 0.2) is 0 Å². The number of nitrogens with one attached hydrogen (secondary N) is 1. The Bertz CT molecular complexity index is 320. The van der Waals surface area contributed by atoms with Gasteiger partial charge in [-0.1, -0.05) is 12.0 Å². The summed E-state index contributed by atoms with van der Waals surface area (Å²) in [6.07, 6.45) is 6.39. The van der Waals surface area contributed by atoms with Gasteiger partial charge in [-0.25, -0.2) is 0 Å². The van der Waals surface area contributed by atoms with Crippen molar-refractivity contribution in [3.05, 3.63) is 29.3 Å². The summed E-state index contributed by atoms with van der Waals surface area (Å²) in [5.41, 5.74) is 3.54. The highest BCUT2D eigenvalue weighted by molar-refractivity contribution is 5.59. The zero-order valence-electron chi connectivity index (χ0n) is 6.22. The summed E-state index contributed by atoms with van der Waals surface area (Å²) in [6.45, 7) is 1.04. The lowest BCUT2D eigenvalue weighted by Gasteiger charge is -1.98. The molecule has 1 heterocycles. The fraction of sp³-hybridized carbons (Fsp3) is 0.200. The van der Waals surface area contributed by atoms with E-state index in [1.165, 1.54) is 11.3 Å². The second kappa shape index (κ2) is 2.32. The van der Waals surface area contributed by atoms with E-state index in [2.05, 4.69) is 17.3 Å². The van der Waals surface area contributed by atoms with Gasteiger partial charge in [-0.3, -0.25) is 0 Å². The Labute approximate surface area is 66.4 Å². The van der Waals surface area contributed by atoms with Crippen molar-refractivity contribution >= 4 is 5.69 Å². The molecule has 1 aliphatic heterocycles. The van der Waals surface area contributed by atoms with Crippen LogP contribution in [0.15, 0.2) is 18.2 Å². The van der Waals surface area contributed by atoms with Crippen LogP contribution in [0.2, 0.25) is 0 Å². The summed E-state index contributed by atoms with van der Waals surface area (Å²) in [4.78, 5) is 0. The van der Waals surface area contributed by atoms with Gasteiger partial charge in [0.25, 0.3) is 0 Å². The zero-order chi connectivity index (χ0) is 7.68. The average Bonchev–Trinajstić information content (AvgIpc) is 2.50. The fourth-order valence-corrected chi connectivity index (χ4v) is 1.38. The first kappa shape index (κ1) is 6.30. The van der Waals surface area contributed by atoms with E-state index in [9.17, 15) is 0 Å². The lowest BCUT2D eigenvalue weighted by atomic mass is 10.1. The number of terminal acetylenes is 1. The number of anilines is 1. The van der Waals surface area contributed by atoms with Gasteiger partial charge in [-0.2, -0.15) is 0 Å². The van der Waals surface area contributed by atoms with Crippen LogP contribution in [0.4, 0.5) is 5.69 Å². The van der Waals surface area contributed by atoms with E-state index in [-0.39, 0.29) is 0 Å². The Morgan fingerprint density at radius 1 is 1.45 bits per heavy atom. The number of hydrogen-bond acceptors (Lipinski definition) is 1. The molecular weight excluding hydrogens is 134 g/mol. The Balaban J connectivity index is 2.51. The van der Waals surface area contributed by atoms with E-state index >= 15 is 0 Å².